The molecule has 3 rings (SSSR count). The lowest BCUT2D eigenvalue weighted by Crippen LogP contribution is -2.41. The number of nitrogens with one attached hydrogen (secondary N) is 2. The van der Waals surface area contributed by atoms with Crippen LogP contribution in [0, 0.1) is 0 Å². The number of hydrogen-bond acceptors (Lipinski definition) is 5. The first kappa shape index (κ1) is 18.4. The van der Waals surface area contributed by atoms with Crippen LogP contribution in [0.1, 0.15) is 16.1 Å². The number of anilines is 1. The van der Waals surface area contributed by atoms with E-state index < -0.39 is 0 Å². The minimum atomic E-state index is -0.134. The fraction of sp³-hybridized carbons (Fsp3) is 0.400. The zero-order chi connectivity index (χ0) is 18.0. The van der Waals surface area contributed by atoms with Gasteiger partial charge in [-0.05, 0) is 24.1 Å². The Hall–Kier alpha value is -2.44. The Morgan fingerprint density at radius 3 is 2.73 bits per heavy atom. The van der Waals surface area contributed by atoms with Crippen LogP contribution < -0.4 is 10.6 Å². The SMILES string of the molecule is O=C(NCCN1CCOCC1)c1cc(NCCc2ccccc2)ccn1. The van der Waals surface area contributed by atoms with E-state index in [0.717, 1.165) is 51.5 Å². The van der Waals surface area contributed by atoms with Crippen molar-refractivity contribution in [2.45, 2.75) is 6.42 Å². The molecule has 0 aliphatic carbocycles. The lowest BCUT2D eigenvalue weighted by Gasteiger charge is -2.26. The summed E-state index contributed by atoms with van der Waals surface area (Å²) in [6.07, 6.45) is 2.60. The molecule has 6 heteroatoms. The first-order chi connectivity index (χ1) is 12.8. The predicted octanol–water partition coefficient (Wildman–Crippen LogP) is 1.80. The van der Waals surface area contributed by atoms with E-state index in [4.69, 9.17) is 4.74 Å². The predicted molar refractivity (Wildman–Crippen MR) is 102 cm³/mol. The van der Waals surface area contributed by atoms with E-state index in [-0.39, 0.29) is 5.91 Å². The van der Waals surface area contributed by atoms with Gasteiger partial charge < -0.3 is 15.4 Å². The molecule has 0 saturated carbocycles. The smallest absolute Gasteiger partial charge is 0.269 e. The first-order valence-corrected chi connectivity index (χ1v) is 9.13. The third kappa shape index (κ3) is 5.82. The van der Waals surface area contributed by atoms with Crippen LogP contribution >= 0.6 is 0 Å². The van der Waals surface area contributed by atoms with Crippen molar-refractivity contribution < 1.29 is 9.53 Å². The molecule has 0 bridgehead atoms. The number of ether oxygens (including phenoxy) is 1. The molecule has 2 N–H and O–H groups in total. The Morgan fingerprint density at radius 1 is 1.12 bits per heavy atom. The third-order valence-corrected chi connectivity index (χ3v) is 4.40. The summed E-state index contributed by atoms with van der Waals surface area (Å²) in [7, 11) is 0. The van der Waals surface area contributed by atoms with Crippen molar-refractivity contribution in [1.29, 1.82) is 0 Å². The Balaban J connectivity index is 1.42. The lowest BCUT2D eigenvalue weighted by molar-refractivity contribution is 0.0383. The van der Waals surface area contributed by atoms with Crippen molar-refractivity contribution in [3.8, 4) is 0 Å². The minimum absolute atomic E-state index is 0.134. The monoisotopic (exact) mass is 354 g/mol. The molecule has 1 saturated heterocycles. The molecule has 1 aliphatic rings. The van der Waals surface area contributed by atoms with Crippen molar-refractivity contribution in [3.63, 3.8) is 0 Å². The number of nitrogens with zero attached hydrogens (tertiary/aromatic N) is 2. The standard InChI is InChI=1S/C20H26N4O2/c25-20(23-10-11-24-12-14-26-15-13-24)19-16-18(7-9-22-19)21-8-6-17-4-2-1-3-5-17/h1-5,7,9,16H,6,8,10-15H2,(H,21,22)(H,23,25). The molecule has 1 fully saturated rings. The van der Waals surface area contributed by atoms with Crippen LogP contribution in [0.25, 0.3) is 0 Å². The van der Waals surface area contributed by atoms with Gasteiger partial charge in [-0.1, -0.05) is 30.3 Å². The highest BCUT2D eigenvalue weighted by atomic mass is 16.5. The van der Waals surface area contributed by atoms with Gasteiger partial charge in [0.1, 0.15) is 5.69 Å². The van der Waals surface area contributed by atoms with Crippen LogP contribution in [0.3, 0.4) is 0 Å². The van der Waals surface area contributed by atoms with Gasteiger partial charge in [-0.25, -0.2) is 0 Å². The first-order valence-electron chi connectivity index (χ1n) is 9.13. The fourth-order valence-corrected chi connectivity index (χ4v) is 2.90. The number of hydrogen-bond donors (Lipinski definition) is 2. The summed E-state index contributed by atoms with van der Waals surface area (Å²) in [6, 6.07) is 14.0. The Morgan fingerprint density at radius 2 is 1.92 bits per heavy atom. The number of rotatable bonds is 8. The maximum absolute atomic E-state index is 12.3. The van der Waals surface area contributed by atoms with Gasteiger partial charge in [0, 0.05) is 44.6 Å². The highest BCUT2D eigenvalue weighted by Crippen LogP contribution is 2.09. The molecule has 0 spiro atoms. The number of aromatic nitrogens is 1. The van der Waals surface area contributed by atoms with Crippen LogP contribution in [0.4, 0.5) is 5.69 Å². The van der Waals surface area contributed by atoms with Crippen LogP contribution in [-0.4, -0.2) is 61.7 Å². The maximum Gasteiger partial charge on any atom is 0.269 e. The summed E-state index contributed by atoms with van der Waals surface area (Å²) in [5.41, 5.74) is 2.64. The van der Waals surface area contributed by atoms with Gasteiger partial charge in [0.05, 0.1) is 13.2 Å². The topological polar surface area (TPSA) is 66.5 Å². The van der Waals surface area contributed by atoms with Crippen LogP contribution in [0.2, 0.25) is 0 Å². The summed E-state index contributed by atoms with van der Waals surface area (Å²) in [5.74, 6) is -0.134. The summed E-state index contributed by atoms with van der Waals surface area (Å²) in [5, 5.41) is 6.30. The summed E-state index contributed by atoms with van der Waals surface area (Å²) in [6.45, 7) is 5.66. The molecule has 1 amide bonds. The van der Waals surface area contributed by atoms with E-state index in [2.05, 4.69) is 32.7 Å². The molecule has 1 aromatic heterocycles. The van der Waals surface area contributed by atoms with Crippen molar-refractivity contribution in [3.05, 3.63) is 59.9 Å². The van der Waals surface area contributed by atoms with E-state index >= 15 is 0 Å². The van der Waals surface area contributed by atoms with Crippen molar-refractivity contribution in [2.75, 3.05) is 51.3 Å². The summed E-state index contributed by atoms with van der Waals surface area (Å²) < 4.78 is 5.32. The fourth-order valence-electron chi connectivity index (χ4n) is 2.90. The van der Waals surface area contributed by atoms with Crippen molar-refractivity contribution >= 4 is 11.6 Å². The zero-order valence-electron chi connectivity index (χ0n) is 15.0. The van der Waals surface area contributed by atoms with Gasteiger partial charge in [-0.3, -0.25) is 14.7 Å². The second kappa shape index (κ2) is 9.89. The lowest BCUT2D eigenvalue weighted by atomic mass is 10.1. The number of carbonyl (C=O) groups is 1. The second-order valence-corrected chi connectivity index (χ2v) is 6.30. The van der Waals surface area contributed by atoms with E-state index in [1.54, 1.807) is 12.3 Å². The third-order valence-electron chi connectivity index (χ3n) is 4.40. The number of carbonyl (C=O) groups excluding carboxylic acids is 1. The normalized spacial score (nSPS) is 14.8. The van der Waals surface area contributed by atoms with Gasteiger partial charge in [0.2, 0.25) is 0 Å². The molecule has 0 unspecified atom stereocenters. The molecule has 1 aliphatic heterocycles. The Bertz CT molecular complexity index is 687. The van der Waals surface area contributed by atoms with Crippen LogP contribution in [0.5, 0.6) is 0 Å². The van der Waals surface area contributed by atoms with Gasteiger partial charge in [0.15, 0.2) is 0 Å². The summed E-state index contributed by atoms with van der Waals surface area (Å²) in [4.78, 5) is 18.8. The number of benzene rings is 1. The summed E-state index contributed by atoms with van der Waals surface area (Å²) >= 11 is 0. The molecular formula is C20H26N4O2. The highest BCUT2D eigenvalue weighted by molar-refractivity contribution is 5.93. The molecule has 2 aromatic rings. The average molecular weight is 354 g/mol. The van der Waals surface area contributed by atoms with Gasteiger partial charge in [-0.2, -0.15) is 0 Å². The quantitative estimate of drug-likeness (QED) is 0.757. The molecule has 6 nitrogen and oxygen atoms in total. The second-order valence-electron chi connectivity index (χ2n) is 6.30. The van der Waals surface area contributed by atoms with E-state index in [1.807, 2.05) is 24.3 Å². The van der Waals surface area contributed by atoms with Crippen molar-refractivity contribution in [2.24, 2.45) is 0 Å². The molecule has 1 aromatic carbocycles. The Labute approximate surface area is 154 Å². The average Bonchev–Trinajstić information content (AvgIpc) is 2.70. The van der Waals surface area contributed by atoms with Gasteiger partial charge in [0.25, 0.3) is 5.91 Å². The van der Waals surface area contributed by atoms with E-state index in [9.17, 15) is 4.79 Å². The van der Waals surface area contributed by atoms with E-state index in [1.165, 1.54) is 5.56 Å². The van der Waals surface area contributed by atoms with Crippen LogP contribution in [-0.2, 0) is 11.2 Å². The van der Waals surface area contributed by atoms with Crippen LogP contribution in [0.15, 0.2) is 48.7 Å². The van der Waals surface area contributed by atoms with Gasteiger partial charge >= 0.3 is 0 Å². The largest absolute Gasteiger partial charge is 0.385 e. The number of amides is 1. The van der Waals surface area contributed by atoms with Crippen molar-refractivity contribution in [1.82, 2.24) is 15.2 Å². The number of morpholine rings is 1. The molecule has 138 valence electrons. The number of pyridine rings is 1. The maximum atomic E-state index is 12.3. The zero-order valence-corrected chi connectivity index (χ0v) is 15.0. The van der Waals surface area contributed by atoms with E-state index in [0.29, 0.717) is 12.2 Å². The van der Waals surface area contributed by atoms with Gasteiger partial charge in [-0.15, -0.1) is 0 Å². The highest BCUT2D eigenvalue weighted by Gasteiger charge is 2.11. The minimum Gasteiger partial charge on any atom is -0.385 e. The molecule has 0 atom stereocenters. The molecule has 0 radical (unpaired) electrons. The molecular weight excluding hydrogens is 328 g/mol. The Kier molecular flexibility index (Phi) is 6.98. The molecule has 26 heavy (non-hydrogen) atoms. The molecule has 2 heterocycles.